The Morgan fingerprint density at radius 1 is 1.04 bits per heavy atom. The van der Waals surface area contributed by atoms with Crippen LogP contribution in [-0.2, 0) is 15.7 Å². The van der Waals surface area contributed by atoms with Crippen molar-refractivity contribution in [3.8, 4) is 0 Å². The van der Waals surface area contributed by atoms with Crippen molar-refractivity contribution in [1.82, 2.24) is 0 Å². The van der Waals surface area contributed by atoms with Crippen molar-refractivity contribution < 1.29 is 27.5 Å². The number of unbranched alkanes of at least 4 members (excludes halogenated alkanes) is 1. The van der Waals surface area contributed by atoms with Crippen molar-refractivity contribution >= 4 is 23.3 Å². The SMILES string of the molecule is CCCCNc1ccccc1C(=O)OCC(=O)Nc1ccc(C(F)(F)F)cc1. The molecule has 2 aromatic rings. The molecule has 0 aliphatic carbocycles. The second-order valence-electron chi connectivity index (χ2n) is 6.03. The van der Waals surface area contributed by atoms with E-state index in [0.717, 1.165) is 37.1 Å². The largest absolute Gasteiger partial charge is 0.452 e. The Morgan fingerprint density at radius 3 is 2.36 bits per heavy atom. The van der Waals surface area contributed by atoms with Gasteiger partial charge >= 0.3 is 12.1 Å². The monoisotopic (exact) mass is 394 g/mol. The van der Waals surface area contributed by atoms with Gasteiger partial charge in [-0.05, 0) is 42.8 Å². The van der Waals surface area contributed by atoms with E-state index in [9.17, 15) is 22.8 Å². The number of nitrogens with one attached hydrogen (secondary N) is 2. The quantitative estimate of drug-likeness (QED) is 0.503. The van der Waals surface area contributed by atoms with Gasteiger partial charge in [0, 0.05) is 17.9 Å². The van der Waals surface area contributed by atoms with E-state index in [0.29, 0.717) is 17.8 Å². The number of carbonyl (C=O) groups excluding carboxylic acids is 2. The third kappa shape index (κ3) is 6.29. The topological polar surface area (TPSA) is 67.4 Å². The summed E-state index contributed by atoms with van der Waals surface area (Å²) in [5.41, 5.74) is 0.282. The van der Waals surface area contributed by atoms with Gasteiger partial charge in [0.15, 0.2) is 6.61 Å². The molecule has 0 spiro atoms. The Labute approximate surface area is 160 Å². The molecule has 2 N–H and O–H groups in total. The zero-order chi connectivity index (χ0) is 20.6. The first-order valence-electron chi connectivity index (χ1n) is 8.78. The summed E-state index contributed by atoms with van der Waals surface area (Å²) >= 11 is 0. The normalized spacial score (nSPS) is 11.0. The highest BCUT2D eigenvalue weighted by Crippen LogP contribution is 2.29. The number of ether oxygens (including phenoxy) is 1. The molecular formula is C20H21F3N2O3. The molecule has 0 heterocycles. The predicted molar refractivity (Wildman–Crippen MR) is 100 cm³/mol. The van der Waals surface area contributed by atoms with Crippen LogP contribution in [0, 0.1) is 0 Å². The van der Waals surface area contributed by atoms with E-state index in [-0.39, 0.29) is 5.69 Å². The highest BCUT2D eigenvalue weighted by Gasteiger charge is 2.30. The van der Waals surface area contributed by atoms with Crippen molar-refractivity contribution in [3.05, 3.63) is 59.7 Å². The van der Waals surface area contributed by atoms with Crippen LogP contribution >= 0.6 is 0 Å². The summed E-state index contributed by atoms with van der Waals surface area (Å²) in [4.78, 5) is 24.1. The Bertz CT molecular complexity index is 805. The number of carbonyl (C=O) groups is 2. The van der Waals surface area contributed by atoms with E-state index >= 15 is 0 Å². The zero-order valence-corrected chi connectivity index (χ0v) is 15.3. The van der Waals surface area contributed by atoms with Gasteiger partial charge in [0.1, 0.15) is 0 Å². The zero-order valence-electron chi connectivity index (χ0n) is 15.3. The number of anilines is 2. The van der Waals surface area contributed by atoms with Crippen molar-refractivity contribution in [2.75, 3.05) is 23.8 Å². The van der Waals surface area contributed by atoms with Gasteiger partial charge in [0.25, 0.3) is 5.91 Å². The van der Waals surface area contributed by atoms with Gasteiger partial charge in [0.05, 0.1) is 11.1 Å². The van der Waals surface area contributed by atoms with Crippen LogP contribution in [0.4, 0.5) is 24.5 Å². The first kappa shape index (κ1) is 21.3. The molecule has 0 saturated carbocycles. The third-order valence-corrected chi connectivity index (χ3v) is 3.82. The van der Waals surface area contributed by atoms with E-state index in [1.54, 1.807) is 24.3 Å². The minimum atomic E-state index is -4.45. The lowest BCUT2D eigenvalue weighted by Crippen LogP contribution is -2.21. The van der Waals surface area contributed by atoms with Crippen LogP contribution < -0.4 is 10.6 Å². The number of benzene rings is 2. The maximum absolute atomic E-state index is 12.5. The van der Waals surface area contributed by atoms with E-state index in [2.05, 4.69) is 17.6 Å². The Hall–Kier alpha value is -3.03. The van der Waals surface area contributed by atoms with Gasteiger partial charge in [-0.15, -0.1) is 0 Å². The van der Waals surface area contributed by atoms with E-state index in [4.69, 9.17) is 4.74 Å². The van der Waals surface area contributed by atoms with Gasteiger partial charge in [-0.1, -0.05) is 25.5 Å². The lowest BCUT2D eigenvalue weighted by molar-refractivity contribution is -0.137. The van der Waals surface area contributed by atoms with Gasteiger partial charge in [0.2, 0.25) is 0 Å². The molecule has 0 radical (unpaired) electrons. The van der Waals surface area contributed by atoms with Gasteiger partial charge in [-0.2, -0.15) is 13.2 Å². The van der Waals surface area contributed by atoms with Crippen LogP contribution in [0.25, 0.3) is 0 Å². The van der Waals surface area contributed by atoms with Crippen LogP contribution in [0.1, 0.15) is 35.7 Å². The minimum Gasteiger partial charge on any atom is -0.452 e. The number of hydrogen-bond acceptors (Lipinski definition) is 4. The summed E-state index contributed by atoms with van der Waals surface area (Å²) < 4.78 is 42.6. The maximum Gasteiger partial charge on any atom is 0.416 e. The first-order chi connectivity index (χ1) is 13.3. The Balaban J connectivity index is 1.90. The Morgan fingerprint density at radius 2 is 1.71 bits per heavy atom. The third-order valence-electron chi connectivity index (χ3n) is 3.82. The molecule has 0 aliphatic heterocycles. The summed E-state index contributed by atoms with van der Waals surface area (Å²) in [6.45, 7) is 2.20. The number of para-hydroxylation sites is 1. The molecule has 0 fully saturated rings. The molecule has 0 aliphatic rings. The van der Waals surface area contributed by atoms with E-state index < -0.39 is 30.2 Å². The van der Waals surface area contributed by atoms with Crippen LogP contribution in [0.3, 0.4) is 0 Å². The predicted octanol–water partition coefficient (Wildman–Crippen LogP) is 4.71. The minimum absolute atomic E-state index is 0.177. The van der Waals surface area contributed by atoms with Gasteiger partial charge in [-0.25, -0.2) is 4.79 Å². The first-order valence-corrected chi connectivity index (χ1v) is 8.78. The number of halogens is 3. The standard InChI is InChI=1S/C20H21F3N2O3/c1-2-3-12-24-17-7-5-4-6-16(17)19(27)28-13-18(26)25-15-10-8-14(9-11-15)20(21,22)23/h4-11,24H,2-3,12-13H2,1H3,(H,25,26). The molecule has 0 bridgehead atoms. The average Bonchev–Trinajstić information content (AvgIpc) is 2.66. The lowest BCUT2D eigenvalue weighted by atomic mass is 10.1. The molecule has 150 valence electrons. The molecule has 8 heteroatoms. The second-order valence-corrected chi connectivity index (χ2v) is 6.03. The molecule has 1 amide bonds. The van der Waals surface area contributed by atoms with Crippen molar-refractivity contribution in [1.29, 1.82) is 0 Å². The van der Waals surface area contributed by atoms with Crippen LogP contribution in [-0.4, -0.2) is 25.0 Å². The average molecular weight is 394 g/mol. The second kappa shape index (κ2) is 9.77. The number of rotatable bonds is 8. The highest BCUT2D eigenvalue weighted by atomic mass is 19.4. The molecule has 0 atom stereocenters. The summed E-state index contributed by atoms with van der Waals surface area (Å²) in [5.74, 6) is -1.31. The fourth-order valence-electron chi connectivity index (χ4n) is 2.36. The number of esters is 1. The van der Waals surface area contributed by atoms with Crippen molar-refractivity contribution in [2.24, 2.45) is 0 Å². The molecule has 28 heavy (non-hydrogen) atoms. The molecule has 2 rings (SSSR count). The lowest BCUT2D eigenvalue weighted by Gasteiger charge is -2.12. The number of hydrogen-bond donors (Lipinski definition) is 2. The molecule has 2 aromatic carbocycles. The van der Waals surface area contributed by atoms with Crippen LogP contribution in [0.15, 0.2) is 48.5 Å². The fraction of sp³-hybridized carbons (Fsp3) is 0.300. The number of alkyl halides is 3. The van der Waals surface area contributed by atoms with E-state index in [1.165, 1.54) is 0 Å². The molecule has 0 aromatic heterocycles. The van der Waals surface area contributed by atoms with Crippen molar-refractivity contribution in [2.45, 2.75) is 25.9 Å². The summed E-state index contributed by atoms with van der Waals surface area (Å²) in [7, 11) is 0. The van der Waals surface area contributed by atoms with Gasteiger partial charge in [-0.3, -0.25) is 4.79 Å². The van der Waals surface area contributed by atoms with E-state index in [1.807, 2.05) is 0 Å². The highest BCUT2D eigenvalue weighted by molar-refractivity contribution is 5.98. The summed E-state index contributed by atoms with van der Waals surface area (Å²) in [6.07, 6.45) is -2.50. The molecular weight excluding hydrogens is 373 g/mol. The van der Waals surface area contributed by atoms with Crippen LogP contribution in [0.5, 0.6) is 0 Å². The molecule has 0 saturated heterocycles. The number of amides is 1. The fourth-order valence-corrected chi connectivity index (χ4v) is 2.36. The smallest absolute Gasteiger partial charge is 0.416 e. The maximum atomic E-state index is 12.5. The van der Waals surface area contributed by atoms with Crippen LogP contribution in [0.2, 0.25) is 0 Å². The summed E-state index contributed by atoms with van der Waals surface area (Å²) in [6, 6.07) is 10.8. The Kier molecular flexibility index (Phi) is 7.43. The van der Waals surface area contributed by atoms with Crippen molar-refractivity contribution in [3.63, 3.8) is 0 Å². The molecule has 0 unspecified atom stereocenters. The van der Waals surface area contributed by atoms with Gasteiger partial charge < -0.3 is 15.4 Å². The summed E-state index contributed by atoms with van der Waals surface area (Å²) in [5, 5.41) is 5.53. The molecule has 5 nitrogen and oxygen atoms in total.